The molecule has 0 amide bonds. The Morgan fingerprint density at radius 3 is 2.68 bits per heavy atom. The molecular formula is C12H19ClN2O2S2. The standard InChI is InChI=1S/C12H19ClN2O2S2/c1-14(10-12-3-2-8-18-12)19(16,17)15-6-4-11(9-13)5-7-15/h2-3,8,11H,4-7,9-10H2,1H3. The van der Waals surface area contributed by atoms with Gasteiger partial charge in [0.25, 0.3) is 10.2 Å². The summed E-state index contributed by atoms with van der Waals surface area (Å²) in [5, 5.41) is 1.96. The quantitative estimate of drug-likeness (QED) is 0.781. The summed E-state index contributed by atoms with van der Waals surface area (Å²) in [4.78, 5) is 1.06. The minimum Gasteiger partial charge on any atom is -0.195 e. The first-order valence-corrected chi connectivity index (χ1v) is 9.15. The molecule has 0 atom stereocenters. The summed E-state index contributed by atoms with van der Waals surface area (Å²) in [6, 6.07) is 3.89. The molecule has 0 radical (unpaired) electrons. The number of hydrogen-bond acceptors (Lipinski definition) is 3. The van der Waals surface area contributed by atoms with E-state index in [0.29, 0.717) is 31.4 Å². The number of rotatable bonds is 5. The topological polar surface area (TPSA) is 40.6 Å². The van der Waals surface area contributed by atoms with E-state index < -0.39 is 10.2 Å². The van der Waals surface area contributed by atoms with E-state index in [1.807, 2.05) is 17.5 Å². The summed E-state index contributed by atoms with van der Waals surface area (Å²) in [7, 11) is -1.70. The molecule has 2 heterocycles. The predicted molar refractivity (Wildman–Crippen MR) is 79.7 cm³/mol. The van der Waals surface area contributed by atoms with E-state index in [9.17, 15) is 8.42 Å². The Bertz CT molecular complexity index is 482. The maximum absolute atomic E-state index is 12.4. The van der Waals surface area contributed by atoms with Gasteiger partial charge < -0.3 is 0 Å². The van der Waals surface area contributed by atoms with Crippen LogP contribution in [0.3, 0.4) is 0 Å². The molecule has 2 rings (SSSR count). The molecule has 1 fully saturated rings. The van der Waals surface area contributed by atoms with Crippen LogP contribution in [-0.2, 0) is 16.8 Å². The molecule has 1 aliphatic heterocycles. The van der Waals surface area contributed by atoms with Crippen LogP contribution in [0.1, 0.15) is 17.7 Å². The van der Waals surface area contributed by atoms with Gasteiger partial charge in [0, 0.05) is 37.4 Å². The van der Waals surface area contributed by atoms with Gasteiger partial charge in [-0.25, -0.2) is 0 Å². The van der Waals surface area contributed by atoms with Crippen LogP contribution in [0.2, 0.25) is 0 Å². The molecule has 1 aromatic heterocycles. The minimum atomic E-state index is -3.34. The van der Waals surface area contributed by atoms with E-state index in [4.69, 9.17) is 11.6 Å². The molecule has 0 aromatic carbocycles. The second-order valence-corrected chi connectivity index (χ2v) is 8.22. The fraction of sp³-hybridized carbons (Fsp3) is 0.667. The van der Waals surface area contributed by atoms with Crippen molar-refractivity contribution in [1.29, 1.82) is 0 Å². The van der Waals surface area contributed by atoms with Crippen molar-refractivity contribution in [2.45, 2.75) is 19.4 Å². The van der Waals surface area contributed by atoms with Crippen molar-refractivity contribution in [2.75, 3.05) is 26.0 Å². The van der Waals surface area contributed by atoms with Crippen LogP contribution in [0.4, 0.5) is 0 Å². The Hall–Kier alpha value is -0.140. The maximum atomic E-state index is 12.4. The molecule has 0 unspecified atom stereocenters. The Balaban J connectivity index is 1.98. The van der Waals surface area contributed by atoms with Crippen molar-refractivity contribution >= 4 is 33.1 Å². The fourth-order valence-electron chi connectivity index (χ4n) is 2.19. The lowest BCUT2D eigenvalue weighted by atomic mass is 10.0. The Morgan fingerprint density at radius 2 is 2.16 bits per heavy atom. The number of halogens is 1. The zero-order valence-electron chi connectivity index (χ0n) is 11.0. The first-order valence-electron chi connectivity index (χ1n) is 6.34. The third-order valence-electron chi connectivity index (χ3n) is 3.47. The fourth-order valence-corrected chi connectivity index (χ4v) is 4.71. The van der Waals surface area contributed by atoms with Crippen molar-refractivity contribution in [3.8, 4) is 0 Å². The van der Waals surface area contributed by atoms with Gasteiger partial charge >= 0.3 is 0 Å². The molecule has 4 nitrogen and oxygen atoms in total. The summed E-state index contributed by atoms with van der Waals surface area (Å²) < 4.78 is 27.9. The van der Waals surface area contributed by atoms with Gasteiger partial charge in [0.1, 0.15) is 0 Å². The molecule has 19 heavy (non-hydrogen) atoms. The van der Waals surface area contributed by atoms with Crippen molar-refractivity contribution < 1.29 is 8.42 Å². The van der Waals surface area contributed by atoms with Crippen LogP contribution in [0.25, 0.3) is 0 Å². The second-order valence-electron chi connectivity index (χ2n) is 4.84. The van der Waals surface area contributed by atoms with Gasteiger partial charge in [-0.1, -0.05) is 6.07 Å². The van der Waals surface area contributed by atoms with Crippen LogP contribution in [0.15, 0.2) is 17.5 Å². The lowest BCUT2D eigenvalue weighted by Gasteiger charge is -2.33. The van der Waals surface area contributed by atoms with Crippen LogP contribution < -0.4 is 0 Å². The average molecular weight is 323 g/mol. The molecule has 1 saturated heterocycles. The highest BCUT2D eigenvalue weighted by molar-refractivity contribution is 7.86. The van der Waals surface area contributed by atoms with Gasteiger partial charge in [-0.3, -0.25) is 0 Å². The highest BCUT2D eigenvalue weighted by Gasteiger charge is 2.30. The molecule has 0 aliphatic carbocycles. The Kier molecular flexibility index (Phi) is 5.25. The molecule has 0 bridgehead atoms. The summed E-state index contributed by atoms with van der Waals surface area (Å²) in [5.74, 6) is 1.08. The Labute approximate surface area is 124 Å². The smallest absolute Gasteiger partial charge is 0.195 e. The van der Waals surface area contributed by atoms with Gasteiger partial charge in [0.2, 0.25) is 0 Å². The third kappa shape index (κ3) is 3.70. The van der Waals surface area contributed by atoms with Gasteiger partial charge in [0.15, 0.2) is 0 Å². The lowest BCUT2D eigenvalue weighted by Crippen LogP contribution is -2.45. The molecule has 0 saturated carbocycles. The highest BCUT2D eigenvalue weighted by Crippen LogP contribution is 2.23. The largest absolute Gasteiger partial charge is 0.282 e. The normalized spacial score (nSPS) is 19.1. The second kappa shape index (κ2) is 6.54. The van der Waals surface area contributed by atoms with Crippen molar-refractivity contribution in [2.24, 2.45) is 5.92 Å². The van der Waals surface area contributed by atoms with Crippen molar-refractivity contribution in [1.82, 2.24) is 8.61 Å². The van der Waals surface area contributed by atoms with E-state index >= 15 is 0 Å². The minimum absolute atomic E-state index is 0.440. The van der Waals surface area contributed by atoms with E-state index in [-0.39, 0.29) is 0 Å². The van der Waals surface area contributed by atoms with E-state index in [2.05, 4.69) is 0 Å². The number of thiophene rings is 1. The van der Waals surface area contributed by atoms with Crippen molar-refractivity contribution in [3.05, 3.63) is 22.4 Å². The monoisotopic (exact) mass is 322 g/mol. The Morgan fingerprint density at radius 1 is 1.47 bits per heavy atom. The van der Waals surface area contributed by atoms with Gasteiger partial charge in [-0.2, -0.15) is 17.0 Å². The molecule has 0 spiro atoms. The number of alkyl halides is 1. The van der Waals surface area contributed by atoms with Gasteiger partial charge in [-0.15, -0.1) is 22.9 Å². The molecule has 0 N–H and O–H groups in total. The molecule has 1 aliphatic rings. The van der Waals surface area contributed by atoms with Gasteiger partial charge in [-0.05, 0) is 30.2 Å². The molecule has 108 valence electrons. The lowest BCUT2D eigenvalue weighted by molar-refractivity contribution is 0.271. The average Bonchev–Trinajstić information content (AvgIpc) is 2.91. The molecular weight excluding hydrogens is 304 g/mol. The van der Waals surface area contributed by atoms with Crippen molar-refractivity contribution in [3.63, 3.8) is 0 Å². The first kappa shape index (κ1) is 15.3. The van der Waals surface area contributed by atoms with Crippen LogP contribution in [0, 0.1) is 5.92 Å². The zero-order valence-corrected chi connectivity index (χ0v) is 13.3. The summed E-state index contributed by atoms with van der Waals surface area (Å²) in [5.41, 5.74) is 0. The van der Waals surface area contributed by atoms with E-state index in [1.54, 1.807) is 22.7 Å². The summed E-state index contributed by atoms with van der Waals surface area (Å²) in [6.45, 7) is 1.60. The predicted octanol–water partition coefficient (Wildman–Crippen LogP) is 2.38. The van der Waals surface area contributed by atoms with E-state index in [0.717, 1.165) is 17.7 Å². The third-order valence-corrected chi connectivity index (χ3v) is 6.70. The number of piperidine rings is 1. The van der Waals surface area contributed by atoms with Crippen LogP contribution in [-0.4, -0.2) is 43.0 Å². The summed E-state index contributed by atoms with van der Waals surface area (Å²) in [6.07, 6.45) is 1.71. The zero-order chi connectivity index (χ0) is 13.9. The SMILES string of the molecule is CN(Cc1cccs1)S(=O)(=O)N1CCC(CCl)CC1. The van der Waals surface area contributed by atoms with Gasteiger partial charge in [0.05, 0.1) is 0 Å². The van der Waals surface area contributed by atoms with E-state index in [1.165, 1.54) is 4.31 Å². The first-order chi connectivity index (χ1) is 9.04. The molecule has 1 aromatic rings. The maximum Gasteiger partial charge on any atom is 0.282 e. The number of nitrogens with zero attached hydrogens (tertiary/aromatic N) is 2. The van der Waals surface area contributed by atoms with Crippen LogP contribution >= 0.6 is 22.9 Å². The molecule has 7 heteroatoms. The number of hydrogen-bond donors (Lipinski definition) is 0. The van der Waals surface area contributed by atoms with Crippen LogP contribution in [0.5, 0.6) is 0 Å². The summed E-state index contributed by atoms with van der Waals surface area (Å²) >= 11 is 7.40. The highest BCUT2D eigenvalue weighted by atomic mass is 35.5.